The molecule has 1 aromatic heterocycles. The third-order valence-corrected chi connectivity index (χ3v) is 8.11. The Hall–Kier alpha value is -4.04. The number of hydrogen-bond donors (Lipinski definition) is 2. The van der Waals surface area contributed by atoms with Gasteiger partial charge in [-0.2, -0.15) is 0 Å². The van der Waals surface area contributed by atoms with E-state index in [0.717, 1.165) is 69.6 Å². The van der Waals surface area contributed by atoms with E-state index in [0.29, 0.717) is 25.4 Å². The molecule has 1 fully saturated rings. The van der Waals surface area contributed by atoms with Gasteiger partial charge < -0.3 is 19.1 Å². The lowest BCUT2D eigenvalue weighted by atomic mass is 9.83. The van der Waals surface area contributed by atoms with Crippen molar-refractivity contribution in [2.24, 2.45) is 0 Å². The molecule has 4 aromatic rings. The van der Waals surface area contributed by atoms with Gasteiger partial charge in [-0.15, -0.1) is 4.74 Å². The van der Waals surface area contributed by atoms with Crippen LogP contribution in [0.15, 0.2) is 68.7 Å². The number of nitrogens with one attached hydrogen (secondary N) is 1. The third kappa shape index (κ3) is 6.82. The number of benzene rings is 3. The van der Waals surface area contributed by atoms with Gasteiger partial charge in [0.15, 0.2) is 0 Å². The lowest BCUT2D eigenvalue weighted by Crippen LogP contribution is -2.33. The number of nitrogens with zero attached hydrogens (tertiary/aromatic N) is 1. The summed E-state index contributed by atoms with van der Waals surface area (Å²) in [5, 5.41) is 10.8. The first-order valence-electron chi connectivity index (χ1n) is 14.3. The van der Waals surface area contributed by atoms with Crippen molar-refractivity contribution >= 4 is 0 Å². The van der Waals surface area contributed by atoms with Crippen LogP contribution in [0.1, 0.15) is 66.3 Å². The van der Waals surface area contributed by atoms with Gasteiger partial charge in [0.25, 0.3) is 0 Å². The van der Waals surface area contributed by atoms with Gasteiger partial charge in [0.05, 0.1) is 18.8 Å². The van der Waals surface area contributed by atoms with Crippen molar-refractivity contribution in [2.45, 2.75) is 78.0 Å². The van der Waals surface area contributed by atoms with Crippen LogP contribution in [0.3, 0.4) is 0 Å². The van der Waals surface area contributed by atoms with Gasteiger partial charge in [0.1, 0.15) is 18.1 Å². The van der Waals surface area contributed by atoms with Gasteiger partial charge in [-0.25, -0.2) is 14.6 Å². The molecule has 0 unspecified atom stereocenters. The van der Waals surface area contributed by atoms with Crippen LogP contribution in [0.25, 0.3) is 11.1 Å². The van der Waals surface area contributed by atoms with Crippen molar-refractivity contribution in [3.63, 3.8) is 0 Å². The number of aromatic nitrogens is 2. The molecule has 0 bridgehead atoms. The average Bonchev–Trinajstić information content (AvgIpc) is 3.25. The van der Waals surface area contributed by atoms with Gasteiger partial charge in [0, 0.05) is 6.42 Å². The molecule has 0 spiro atoms. The molecular formula is C33H38N2O6. The second-order valence-electron chi connectivity index (χ2n) is 11.2. The van der Waals surface area contributed by atoms with E-state index < -0.39 is 17.0 Å². The molecular weight excluding hydrogens is 520 g/mol. The number of aromatic amines is 1. The Bertz CT molecular complexity index is 1580. The molecule has 0 radical (unpaired) electrons. The summed E-state index contributed by atoms with van der Waals surface area (Å²) >= 11 is 0. The Morgan fingerprint density at radius 1 is 0.927 bits per heavy atom. The first-order chi connectivity index (χ1) is 19.7. The van der Waals surface area contributed by atoms with Crippen LogP contribution in [0, 0.1) is 20.8 Å². The highest BCUT2D eigenvalue weighted by Crippen LogP contribution is 2.35. The highest BCUT2D eigenvalue weighted by Gasteiger charge is 2.28. The summed E-state index contributed by atoms with van der Waals surface area (Å²) < 4.78 is 18.0. The summed E-state index contributed by atoms with van der Waals surface area (Å²) in [6.45, 7) is 7.43. The number of ether oxygens (including phenoxy) is 2. The van der Waals surface area contributed by atoms with E-state index in [1.54, 1.807) is 0 Å². The van der Waals surface area contributed by atoms with E-state index in [-0.39, 0.29) is 6.54 Å². The van der Waals surface area contributed by atoms with Gasteiger partial charge >= 0.3 is 11.4 Å². The van der Waals surface area contributed by atoms with Crippen LogP contribution in [0.4, 0.5) is 0 Å². The van der Waals surface area contributed by atoms with Crippen molar-refractivity contribution in [3.8, 4) is 22.6 Å². The van der Waals surface area contributed by atoms with E-state index in [2.05, 4.69) is 56.1 Å². The van der Waals surface area contributed by atoms with E-state index in [9.17, 15) is 14.7 Å². The van der Waals surface area contributed by atoms with Crippen LogP contribution in [0.5, 0.6) is 11.5 Å². The predicted octanol–water partition coefficient (Wildman–Crippen LogP) is 5.81. The number of aryl methyl sites for hydroxylation is 2. The predicted molar refractivity (Wildman–Crippen MR) is 158 cm³/mol. The summed E-state index contributed by atoms with van der Waals surface area (Å²) in [6.07, 6.45) is 5.82. The molecule has 8 heteroatoms. The molecule has 0 amide bonds. The summed E-state index contributed by atoms with van der Waals surface area (Å²) in [5.74, 6) is 0.771. The Balaban J connectivity index is 1.24. The zero-order valence-electron chi connectivity index (χ0n) is 24.0. The summed E-state index contributed by atoms with van der Waals surface area (Å²) in [6, 6.07) is 17.8. The summed E-state index contributed by atoms with van der Waals surface area (Å²) in [5.41, 5.74) is 6.55. The number of aliphatic hydroxyl groups is 1. The molecule has 0 atom stereocenters. The highest BCUT2D eigenvalue weighted by atomic mass is 16.5. The second-order valence-corrected chi connectivity index (χ2v) is 11.2. The van der Waals surface area contributed by atoms with Crippen molar-refractivity contribution in [1.82, 2.24) is 9.72 Å². The van der Waals surface area contributed by atoms with E-state index in [1.165, 1.54) is 12.0 Å². The molecule has 5 rings (SSSR count). The van der Waals surface area contributed by atoms with Gasteiger partial charge in [-0.1, -0.05) is 49.6 Å². The molecule has 1 saturated carbocycles. The lowest BCUT2D eigenvalue weighted by molar-refractivity contribution is -0.0135. The minimum atomic E-state index is -0.771. The number of hydrogen-bond acceptors (Lipinski definition) is 6. The number of rotatable bonds is 10. The SMILES string of the molecule is Cc1cc(OCCC2(O)CCCCC2)cc(C)c1-c1cccc(COc2ccc(Cn3oc(=O)[nH]c3=O)cc2)c1C. The molecule has 1 aliphatic rings. The molecule has 0 aliphatic heterocycles. The van der Waals surface area contributed by atoms with E-state index in [4.69, 9.17) is 14.0 Å². The fourth-order valence-corrected chi connectivity index (χ4v) is 5.80. The summed E-state index contributed by atoms with van der Waals surface area (Å²) in [7, 11) is 0. The van der Waals surface area contributed by atoms with Crippen molar-refractivity contribution in [1.29, 1.82) is 0 Å². The molecule has 1 aliphatic carbocycles. The Labute approximate surface area is 239 Å². The summed E-state index contributed by atoms with van der Waals surface area (Å²) in [4.78, 5) is 24.9. The maximum atomic E-state index is 11.7. The van der Waals surface area contributed by atoms with Crippen molar-refractivity contribution in [2.75, 3.05) is 6.61 Å². The van der Waals surface area contributed by atoms with Crippen LogP contribution in [-0.4, -0.2) is 27.0 Å². The molecule has 3 aromatic carbocycles. The largest absolute Gasteiger partial charge is 0.493 e. The zero-order valence-corrected chi connectivity index (χ0v) is 24.0. The molecule has 8 nitrogen and oxygen atoms in total. The molecule has 216 valence electrons. The minimum Gasteiger partial charge on any atom is -0.493 e. The first-order valence-corrected chi connectivity index (χ1v) is 14.3. The van der Waals surface area contributed by atoms with Gasteiger partial charge in [-0.05, 0) is 96.8 Å². The Morgan fingerprint density at radius 3 is 2.29 bits per heavy atom. The monoisotopic (exact) mass is 558 g/mol. The van der Waals surface area contributed by atoms with Crippen LogP contribution in [-0.2, 0) is 13.2 Å². The topological polar surface area (TPSA) is 107 Å². The maximum Gasteiger partial charge on any atom is 0.440 e. The quantitative estimate of drug-likeness (QED) is 0.254. The highest BCUT2D eigenvalue weighted by molar-refractivity contribution is 5.75. The molecule has 41 heavy (non-hydrogen) atoms. The normalized spacial score (nSPS) is 14.6. The van der Waals surface area contributed by atoms with Crippen LogP contribution >= 0.6 is 0 Å². The second kappa shape index (κ2) is 12.2. The van der Waals surface area contributed by atoms with Crippen molar-refractivity contribution < 1.29 is 19.1 Å². The number of H-pyrrole nitrogens is 1. The molecule has 2 N–H and O–H groups in total. The minimum absolute atomic E-state index is 0.156. The third-order valence-electron chi connectivity index (χ3n) is 8.11. The molecule has 0 saturated heterocycles. The van der Waals surface area contributed by atoms with Crippen molar-refractivity contribution in [3.05, 3.63) is 103 Å². The lowest BCUT2D eigenvalue weighted by Gasteiger charge is -2.31. The maximum absolute atomic E-state index is 11.7. The fraction of sp³-hybridized carbons (Fsp3) is 0.394. The standard InChI is InChI=1S/C33H38N2O6/c1-22-18-28(39-17-16-33(38)14-5-4-6-15-33)19-23(2)30(22)29-9-7-8-26(24(29)3)21-40-27-12-10-25(11-13-27)20-35-31(36)34-32(37)41-35/h7-13,18-19,38H,4-6,14-17,20-21H2,1-3H3,(H,34,36,37). The Kier molecular flexibility index (Phi) is 8.49. The van der Waals surface area contributed by atoms with Gasteiger partial charge in [-0.3, -0.25) is 0 Å². The fourth-order valence-electron chi connectivity index (χ4n) is 5.80. The van der Waals surface area contributed by atoms with Gasteiger partial charge in [0.2, 0.25) is 0 Å². The van der Waals surface area contributed by atoms with E-state index >= 15 is 0 Å². The smallest absolute Gasteiger partial charge is 0.440 e. The Morgan fingerprint density at radius 2 is 1.63 bits per heavy atom. The average molecular weight is 559 g/mol. The molecule has 1 heterocycles. The zero-order chi connectivity index (χ0) is 29.0. The van der Waals surface area contributed by atoms with E-state index in [1.807, 2.05) is 24.3 Å². The first kappa shape index (κ1) is 28.5. The van der Waals surface area contributed by atoms with Crippen LogP contribution < -0.4 is 20.9 Å². The van der Waals surface area contributed by atoms with Crippen LogP contribution in [0.2, 0.25) is 0 Å².